The van der Waals surface area contributed by atoms with Crippen molar-refractivity contribution in [3.8, 4) is 5.75 Å². The predicted octanol–water partition coefficient (Wildman–Crippen LogP) is 4.37. The number of carbonyl (C=O) groups is 2. The largest absolute Gasteiger partial charge is 0.507 e. The van der Waals surface area contributed by atoms with Gasteiger partial charge in [-0.3, -0.25) is 19.5 Å². The number of methoxy groups -OCH3 is 1. The highest BCUT2D eigenvalue weighted by atomic mass is 35.5. The van der Waals surface area contributed by atoms with E-state index in [1.54, 1.807) is 74.0 Å². The maximum absolute atomic E-state index is 13.0. The Balaban J connectivity index is 1.92. The monoisotopic (exact) mass is 420 g/mol. The maximum Gasteiger partial charge on any atom is 0.300 e. The number of anilines is 1. The minimum absolute atomic E-state index is 0.00339. The Bertz CT molecular complexity index is 1130. The molecule has 1 amide bonds. The van der Waals surface area contributed by atoms with Crippen molar-refractivity contribution in [3.05, 3.63) is 94.8 Å². The number of ether oxygens (including phenoxy) is 1. The van der Waals surface area contributed by atoms with E-state index in [-0.39, 0.29) is 11.3 Å². The summed E-state index contributed by atoms with van der Waals surface area (Å²) in [6, 6.07) is 15.9. The fourth-order valence-electron chi connectivity index (χ4n) is 3.46. The highest BCUT2D eigenvalue weighted by Gasteiger charge is 2.47. The third kappa shape index (κ3) is 3.42. The summed E-state index contributed by atoms with van der Waals surface area (Å²) in [5, 5.41) is 11.5. The lowest BCUT2D eigenvalue weighted by Crippen LogP contribution is -2.29. The Morgan fingerprint density at radius 2 is 1.77 bits per heavy atom. The van der Waals surface area contributed by atoms with Crippen LogP contribution in [0.4, 0.5) is 5.69 Å². The van der Waals surface area contributed by atoms with Crippen LogP contribution in [0.2, 0.25) is 5.02 Å². The van der Waals surface area contributed by atoms with Crippen LogP contribution in [0.1, 0.15) is 17.2 Å². The molecular weight excluding hydrogens is 404 g/mol. The highest BCUT2D eigenvalue weighted by Crippen LogP contribution is 2.42. The Kier molecular flexibility index (Phi) is 5.25. The second-order valence-electron chi connectivity index (χ2n) is 6.66. The number of aliphatic hydroxyl groups excluding tert-OH is 1. The number of nitrogens with zero attached hydrogens (tertiary/aromatic N) is 2. The molecule has 0 unspecified atom stereocenters. The van der Waals surface area contributed by atoms with E-state index in [9.17, 15) is 14.7 Å². The predicted molar refractivity (Wildman–Crippen MR) is 113 cm³/mol. The smallest absolute Gasteiger partial charge is 0.300 e. The third-order valence-corrected chi connectivity index (χ3v) is 5.17. The lowest BCUT2D eigenvalue weighted by Gasteiger charge is -2.25. The molecule has 6 nitrogen and oxygen atoms in total. The first-order valence-electron chi connectivity index (χ1n) is 9.12. The van der Waals surface area contributed by atoms with Gasteiger partial charge in [0.2, 0.25) is 0 Å². The van der Waals surface area contributed by atoms with Crippen molar-refractivity contribution in [1.82, 2.24) is 4.98 Å². The number of rotatable bonds is 4. The number of pyridine rings is 1. The number of halogens is 1. The van der Waals surface area contributed by atoms with Gasteiger partial charge in [0.05, 0.1) is 30.6 Å². The third-order valence-electron chi connectivity index (χ3n) is 4.92. The van der Waals surface area contributed by atoms with Gasteiger partial charge in [-0.15, -0.1) is 0 Å². The number of Topliss-reactive ketones (excluding diaryl/α,β-unsaturated/α-hetero) is 1. The van der Waals surface area contributed by atoms with Gasteiger partial charge >= 0.3 is 0 Å². The van der Waals surface area contributed by atoms with E-state index in [4.69, 9.17) is 16.3 Å². The quantitative estimate of drug-likeness (QED) is 0.385. The van der Waals surface area contributed by atoms with Gasteiger partial charge in [-0.25, -0.2) is 0 Å². The first-order valence-corrected chi connectivity index (χ1v) is 9.50. The number of carbonyl (C=O) groups excluding carboxylic acids is 2. The van der Waals surface area contributed by atoms with E-state index in [1.807, 2.05) is 0 Å². The van der Waals surface area contributed by atoms with Crippen LogP contribution in [0, 0.1) is 0 Å². The number of hydrogen-bond donors (Lipinski definition) is 1. The van der Waals surface area contributed by atoms with Gasteiger partial charge in [-0.2, -0.15) is 0 Å². The first kappa shape index (κ1) is 19.7. The molecule has 1 saturated heterocycles. The van der Waals surface area contributed by atoms with Crippen molar-refractivity contribution in [2.24, 2.45) is 0 Å². The van der Waals surface area contributed by atoms with Crippen LogP contribution in [0.15, 0.2) is 78.6 Å². The van der Waals surface area contributed by atoms with Crippen molar-refractivity contribution in [1.29, 1.82) is 0 Å². The highest BCUT2D eigenvalue weighted by molar-refractivity contribution is 6.51. The average Bonchev–Trinajstić information content (AvgIpc) is 3.05. The molecule has 1 aliphatic heterocycles. The molecule has 3 aromatic rings. The Morgan fingerprint density at radius 3 is 2.37 bits per heavy atom. The normalized spacial score (nSPS) is 17.9. The molecule has 1 aliphatic rings. The van der Waals surface area contributed by atoms with Crippen molar-refractivity contribution < 1.29 is 19.4 Å². The molecule has 0 spiro atoms. The second-order valence-corrected chi connectivity index (χ2v) is 7.10. The van der Waals surface area contributed by atoms with Crippen LogP contribution in [0.3, 0.4) is 0 Å². The molecule has 1 aromatic heterocycles. The van der Waals surface area contributed by atoms with Gasteiger partial charge in [0.15, 0.2) is 0 Å². The summed E-state index contributed by atoms with van der Waals surface area (Å²) in [7, 11) is 1.55. The molecule has 0 aliphatic carbocycles. The summed E-state index contributed by atoms with van der Waals surface area (Å²) in [6.07, 6.45) is 3.08. The molecule has 1 fully saturated rings. The molecule has 4 rings (SSSR count). The molecule has 30 heavy (non-hydrogen) atoms. The van der Waals surface area contributed by atoms with E-state index in [2.05, 4.69) is 4.98 Å². The molecule has 0 radical (unpaired) electrons. The van der Waals surface area contributed by atoms with Crippen molar-refractivity contribution in [2.75, 3.05) is 12.0 Å². The molecule has 7 heteroatoms. The standard InChI is InChI=1S/C23H17ClN2O4/c1-30-18-10-6-14(7-11-18)20-19(21(27)15-4-8-16(24)9-5-15)22(28)23(29)26(20)17-3-2-12-25-13-17/h2-13,20,27H,1H3/t20-/m0/s1. The summed E-state index contributed by atoms with van der Waals surface area (Å²) in [5.41, 5.74) is 1.49. The van der Waals surface area contributed by atoms with Crippen molar-refractivity contribution in [2.45, 2.75) is 6.04 Å². The number of aromatic nitrogens is 1. The number of hydrogen-bond acceptors (Lipinski definition) is 5. The summed E-state index contributed by atoms with van der Waals surface area (Å²) in [5.74, 6) is -1.14. The number of amides is 1. The number of benzene rings is 2. The van der Waals surface area contributed by atoms with Crippen LogP contribution in [-0.4, -0.2) is 28.9 Å². The molecule has 2 heterocycles. The lowest BCUT2D eigenvalue weighted by atomic mass is 9.95. The number of ketones is 1. The Morgan fingerprint density at radius 1 is 1.07 bits per heavy atom. The van der Waals surface area contributed by atoms with E-state index in [0.29, 0.717) is 27.6 Å². The topological polar surface area (TPSA) is 79.7 Å². The van der Waals surface area contributed by atoms with Crippen molar-refractivity contribution >= 4 is 34.7 Å². The van der Waals surface area contributed by atoms with Crippen molar-refractivity contribution in [3.63, 3.8) is 0 Å². The maximum atomic E-state index is 13.0. The van der Waals surface area contributed by atoms with E-state index >= 15 is 0 Å². The zero-order valence-electron chi connectivity index (χ0n) is 15.9. The Hall–Kier alpha value is -3.64. The fraction of sp³-hybridized carbons (Fsp3) is 0.0870. The zero-order valence-corrected chi connectivity index (χ0v) is 16.7. The van der Waals surface area contributed by atoms with Crippen LogP contribution < -0.4 is 9.64 Å². The van der Waals surface area contributed by atoms with Gasteiger partial charge < -0.3 is 9.84 Å². The second kappa shape index (κ2) is 8.00. The molecule has 2 aromatic carbocycles. The molecule has 0 saturated carbocycles. The van der Waals surface area contributed by atoms with E-state index in [1.165, 1.54) is 11.1 Å². The number of aliphatic hydroxyl groups is 1. The van der Waals surface area contributed by atoms with Gasteiger partial charge in [-0.05, 0) is 54.1 Å². The molecular formula is C23H17ClN2O4. The SMILES string of the molecule is COc1ccc([C@H]2C(=C(O)c3ccc(Cl)cc3)C(=O)C(=O)N2c2cccnc2)cc1. The van der Waals surface area contributed by atoms with Crippen LogP contribution in [0.5, 0.6) is 5.75 Å². The molecule has 1 N–H and O–H groups in total. The summed E-state index contributed by atoms with van der Waals surface area (Å²) in [6.45, 7) is 0. The zero-order chi connectivity index (χ0) is 21.3. The average molecular weight is 421 g/mol. The van der Waals surface area contributed by atoms with E-state index < -0.39 is 17.7 Å². The molecule has 1 atom stereocenters. The fourth-order valence-corrected chi connectivity index (χ4v) is 3.59. The van der Waals surface area contributed by atoms with Gasteiger partial charge in [0.1, 0.15) is 11.5 Å². The van der Waals surface area contributed by atoms with Gasteiger partial charge in [0, 0.05) is 16.8 Å². The molecule has 0 bridgehead atoms. The molecule has 150 valence electrons. The van der Waals surface area contributed by atoms with Crippen LogP contribution >= 0.6 is 11.6 Å². The summed E-state index contributed by atoms with van der Waals surface area (Å²) < 4.78 is 5.21. The summed E-state index contributed by atoms with van der Waals surface area (Å²) >= 11 is 5.94. The van der Waals surface area contributed by atoms with Crippen LogP contribution in [-0.2, 0) is 9.59 Å². The minimum Gasteiger partial charge on any atom is -0.507 e. The van der Waals surface area contributed by atoms with E-state index in [0.717, 1.165) is 0 Å². The van der Waals surface area contributed by atoms with Gasteiger partial charge in [-0.1, -0.05) is 23.7 Å². The lowest BCUT2D eigenvalue weighted by molar-refractivity contribution is -0.132. The minimum atomic E-state index is -0.823. The van der Waals surface area contributed by atoms with Crippen LogP contribution in [0.25, 0.3) is 5.76 Å². The summed E-state index contributed by atoms with van der Waals surface area (Å²) in [4.78, 5) is 31.4. The van der Waals surface area contributed by atoms with Gasteiger partial charge in [0.25, 0.3) is 11.7 Å². The Labute approximate surface area is 178 Å². The first-order chi connectivity index (χ1) is 14.5.